The average molecular weight is 243 g/mol. The SMILES string of the molecule is CCN(CC)CCCNC(=O)C1(N)CCOC1. The second-order valence-electron chi connectivity index (χ2n) is 4.60. The third-order valence-corrected chi connectivity index (χ3v) is 3.34. The molecule has 1 heterocycles. The van der Waals surface area contributed by atoms with Gasteiger partial charge in [0.15, 0.2) is 0 Å². The molecule has 100 valence electrons. The van der Waals surface area contributed by atoms with Crippen molar-refractivity contribution in [1.82, 2.24) is 10.2 Å². The summed E-state index contributed by atoms with van der Waals surface area (Å²) in [5.41, 5.74) is 5.15. The summed E-state index contributed by atoms with van der Waals surface area (Å²) in [4.78, 5) is 14.2. The molecule has 1 aliphatic heterocycles. The molecule has 1 fully saturated rings. The quantitative estimate of drug-likeness (QED) is 0.615. The van der Waals surface area contributed by atoms with Crippen molar-refractivity contribution in [1.29, 1.82) is 0 Å². The summed E-state index contributed by atoms with van der Waals surface area (Å²) >= 11 is 0. The normalized spacial score (nSPS) is 24.2. The first-order valence-corrected chi connectivity index (χ1v) is 6.49. The van der Waals surface area contributed by atoms with Crippen LogP contribution in [0.25, 0.3) is 0 Å². The maximum absolute atomic E-state index is 11.8. The van der Waals surface area contributed by atoms with Gasteiger partial charge in [0.2, 0.25) is 5.91 Å². The maximum Gasteiger partial charge on any atom is 0.242 e. The van der Waals surface area contributed by atoms with Gasteiger partial charge in [0.25, 0.3) is 0 Å². The second kappa shape index (κ2) is 6.93. The van der Waals surface area contributed by atoms with E-state index in [0.29, 0.717) is 26.2 Å². The lowest BCUT2D eigenvalue weighted by Crippen LogP contribution is -2.54. The number of nitrogens with one attached hydrogen (secondary N) is 1. The van der Waals surface area contributed by atoms with Crippen molar-refractivity contribution in [3.05, 3.63) is 0 Å². The lowest BCUT2D eigenvalue weighted by Gasteiger charge is -2.22. The molecule has 1 rings (SSSR count). The van der Waals surface area contributed by atoms with Crippen LogP contribution in [0.5, 0.6) is 0 Å². The molecule has 5 nitrogen and oxygen atoms in total. The molecule has 17 heavy (non-hydrogen) atoms. The van der Waals surface area contributed by atoms with Gasteiger partial charge in [-0.25, -0.2) is 0 Å². The summed E-state index contributed by atoms with van der Waals surface area (Å²) in [5.74, 6) is -0.0745. The molecule has 0 aliphatic carbocycles. The number of carbonyl (C=O) groups is 1. The van der Waals surface area contributed by atoms with Crippen molar-refractivity contribution >= 4 is 5.91 Å². The molecule has 1 atom stereocenters. The van der Waals surface area contributed by atoms with Gasteiger partial charge in [-0.1, -0.05) is 13.8 Å². The Hall–Kier alpha value is -0.650. The van der Waals surface area contributed by atoms with Crippen LogP contribution in [0.3, 0.4) is 0 Å². The molecule has 0 aromatic carbocycles. The van der Waals surface area contributed by atoms with E-state index in [1.165, 1.54) is 0 Å². The van der Waals surface area contributed by atoms with Crippen LogP contribution in [0, 0.1) is 0 Å². The van der Waals surface area contributed by atoms with E-state index in [1.54, 1.807) is 0 Å². The zero-order valence-electron chi connectivity index (χ0n) is 11.0. The maximum atomic E-state index is 11.8. The molecule has 1 unspecified atom stereocenters. The molecule has 5 heteroatoms. The highest BCUT2D eigenvalue weighted by Gasteiger charge is 2.37. The number of hydrogen-bond acceptors (Lipinski definition) is 4. The van der Waals surface area contributed by atoms with Crippen LogP contribution in [0.15, 0.2) is 0 Å². The van der Waals surface area contributed by atoms with Gasteiger partial charge in [-0.05, 0) is 32.5 Å². The minimum absolute atomic E-state index is 0.0745. The highest BCUT2D eigenvalue weighted by atomic mass is 16.5. The second-order valence-corrected chi connectivity index (χ2v) is 4.60. The largest absolute Gasteiger partial charge is 0.379 e. The zero-order valence-corrected chi connectivity index (χ0v) is 11.0. The molecule has 0 aromatic heterocycles. The first-order chi connectivity index (χ1) is 8.12. The highest BCUT2D eigenvalue weighted by molar-refractivity contribution is 5.86. The Bertz CT molecular complexity index is 236. The zero-order chi connectivity index (χ0) is 12.7. The van der Waals surface area contributed by atoms with Crippen molar-refractivity contribution in [2.75, 3.05) is 39.4 Å². The Labute approximate surface area is 104 Å². The number of rotatable bonds is 7. The minimum Gasteiger partial charge on any atom is -0.379 e. The van der Waals surface area contributed by atoms with Crippen LogP contribution in [0.2, 0.25) is 0 Å². The summed E-state index contributed by atoms with van der Waals surface area (Å²) < 4.78 is 5.17. The fourth-order valence-electron chi connectivity index (χ4n) is 1.98. The van der Waals surface area contributed by atoms with Crippen molar-refractivity contribution < 1.29 is 9.53 Å². The Morgan fingerprint density at radius 1 is 1.47 bits per heavy atom. The van der Waals surface area contributed by atoms with E-state index in [2.05, 4.69) is 24.1 Å². The van der Waals surface area contributed by atoms with Crippen LogP contribution in [0.1, 0.15) is 26.7 Å². The number of nitrogens with zero attached hydrogens (tertiary/aromatic N) is 1. The monoisotopic (exact) mass is 243 g/mol. The number of amides is 1. The summed E-state index contributed by atoms with van der Waals surface area (Å²) in [6.45, 7) is 9.03. The van der Waals surface area contributed by atoms with Crippen LogP contribution in [-0.2, 0) is 9.53 Å². The molecule has 1 aliphatic rings. The topological polar surface area (TPSA) is 67.6 Å². The first kappa shape index (κ1) is 14.4. The van der Waals surface area contributed by atoms with E-state index in [4.69, 9.17) is 10.5 Å². The third-order valence-electron chi connectivity index (χ3n) is 3.34. The van der Waals surface area contributed by atoms with Gasteiger partial charge < -0.3 is 20.7 Å². The summed E-state index contributed by atoms with van der Waals surface area (Å²) in [6, 6.07) is 0. The van der Waals surface area contributed by atoms with E-state index in [0.717, 1.165) is 26.1 Å². The Morgan fingerprint density at radius 2 is 2.18 bits per heavy atom. The van der Waals surface area contributed by atoms with E-state index < -0.39 is 5.54 Å². The van der Waals surface area contributed by atoms with Gasteiger partial charge in [0.1, 0.15) is 5.54 Å². The first-order valence-electron chi connectivity index (χ1n) is 6.49. The Kier molecular flexibility index (Phi) is 5.88. The minimum atomic E-state index is -0.796. The molecule has 0 spiro atoms. The van der Waals surface area contributed by atoms with Crippen LogP contribution in [-0.4, -0.2) is 55.7 Å². The third kappa shape index (κ3) is 4.26. The van der Waals surface area contributed by atoms with E-state index in [-0.39, 0.29) is 5.91 Å². The van der Waals surface area contributed by atoms with Gasteiger partial charge in [-0.15, -0.1) is 0 Å². The summed E-state index contributed by atoms with van der Waals surface area (Å²) in [7, 11) is 0. The number of carbonyl (C=O) groups excluding carboxylic acids is 1. The fourth-order valence-corrected chi connectivity index (χ4v) is 1.98. The standard InChI is InChI=1S/C12H25N3O2/c1-3-15(4-2)8-5-7-14-11(16)12(13)6-9-17-10-12/h3-10,13H2,1-2H3,(H,14,16). The molecule has 0 saturated carbocycles. The number of nitrogens with two attached hydrogens (primary N) is 1. The molecule has 3 N–H and O–H groups in total. The van der Waals surface area contributed by atoms with E-state index in [1.807, 2.05) is 0 Å². The molecule has 1 saturated heterocycles. The lowest BCUT2D eigenvalue weighted by atomic mass is 9.99. The summed E-state index contributed by atoms with van der Waals surface area (Å²) in [5, 5.41) is 2.90. The van der Waals surface area contributed by atoms with Crippen molar-refractivity contribution in [3.63, 3.8) is 0 Å². The smallest absolute Gasteiger partial charge is 0.242 e. The van der Waals surface area contributed by atoms with Gasteiger partial charge in [0, 0.05) is 13.2 Å². The van der Waals surface area contributed by atoms with Crippen molar-refractivity contribution in [2.24, 2.45) is 5.73 Å². The van der Waals surface area contributed by atoms with Crippen LogP contribution in [0.4, 0.5) is 0 Å². The molecule has 1 amide bonds. The molecular weight excluding hydrogens is 218 g/mol. The highest BCUT2D eigenvalue weighted by Crippen LogP contribution is 2.15. The van der Waals surface area contributed by atoms with E-state index >= 15 is 0 Å². The Balaban J connectivity index is 2.16. The van der Waals surface area contributed by atoms with Crippen molar-refractivity contribution in [3.8, 4) is 0 Å². The van der Waals surface area contributed by atoms with Gasteiger partial charge in [0.05, 0.1) is 6.61 Å². The van der Waals surface area contributed by atoms with Crippen molar-refractivity contribution in [2.45, 2.75) is 32.2 Å². The predicted molar refractivity (Wildman–Crippen MR) is 67.8 cm³/mol. The average Bonchev–Trinajstić information content (AvgIpc) is 2.77. The van der Waals surface area contributed by atoms with Gasteiger partial charge in [-0.3, -0.25) is 4.79 Å². The predicted octanol–water partition coefficient (Wildman–Crippen LogP) is -0.0477. The lowest BCUT2D eigenvalue weighted by molar-refractivity contribution is -0.126. The van der Waals surface area contributed by atoms with Gasteiger partial charge >= 0.3 is 0 Å². The molecular formula is C12H25N3O2. The van der Waals surface area contributed by atoms with Gasteiger partial charge in [-0.2, -0.15) is 0 Å². The molecule has 0 aromatic rings. The number of ether oxygens (including phenoxy) is 1. The van der Waals surface area contributed by atoms with Crippen LogP contribution >= 0.6 is 0 Å². The fraction of sp³-hybridized carbons (Fsp3) is 0.917. The van der Waals surface area contributed by atoms with E-state index in [9.17, 15) is 4.79 Å². The molecule has 0 bridgehead atoms. The Morgan fingerprint density at radius 3 is 2.71 bits per heavy atom. The summed E-state index contributed by atoms with van der Waals surface area (Å²) in [6.07, 6.45) is 1.58. The number of hydrogen-bond donors (Lipinski definition) is 2. The van der Waals surface area contributed by atoms with Crippen LogP contribution < -0.4 is 11.1 Å². The molecule has 0 radical (unpaired) electrons.